The number of hydrogen-bond acceptors (Lipinski definition) is 2. The van der Waals surface area contributed by atoms with E-state index in [4.69, 9.17) is 0 Å². The van der Waals surface area contributed by atoms with Crippen LogP contribution in [-0.2, 0) is 13.6 Å². The molecule has 4 heteroatoms. The molecule has 0 aliphatic carbocycles. The molecule has 4 rings (SSSR count). The maximum absolute atomic E-state index is 13.4. The maximum Gasteiger partial charge on any atom is 0.268 e. The van der Waals surface area contributed by atoms with E-state index in [1.165, 1.54) is 10.1 Å². The Bertz CT molecular complexity index is 1330. The van der Waals surface area contributed by atoms with Crippen LogP contribution in [0.1, 0.15) is 32.7 Å². The molecular weight excluding hydrogens is 384 g/mol. The smallest absolute Gasteiger partial charge is 0.268 e. The van der Waals surface area contributed by atoms with Crippen molar-refractivity contribution in [1.29, 1.82) is 0 Å². The third-order valence-corrected chi connectivity index (χ3v) is 5.86. The number of amides is 1. The van der Waals surface area contributed by atoms with E-state index in [-0.39, 0.29) is 11.5 Å². The number of carbonyl (C=O) groups is 1. The highest BCUT2D eigenvalue weighted by molar-refractivity contribution is 6.08. The van der Waals surface area contributed by atoms with Gasteiger partial charge in [-0.1, -0.05) is 66.2 Å². The first-order valence-electron chi connectivity index (χ1n) is 10.4. The molecule has 0 radical (unpaired) electrons. The average Bonchev–Trinajstić information content (AvgIpc) is 2.77. The summed E-state index contributed by atoms with van der Waals surface area (Å²) in [7, 11) is 1.67. The van der Waals surface area contributed by atoms with Gasteiger partial charge in [-0.3, -0.25) is 9.59 Å². The van der Waals surface area contributed by atoms with E-state index in [2.05, 4.69) is 5.32 Å². The van der Waals surface area contributed by atoms with Gasteiger partial charge in [0, 0.05) is 24.5 Å². The van der Waals surface area contributed by atoms with Gasteiger partial charge in [-0.15, -0.1) is 0 Å². The van der Waals surface area contributed by atoms with Gasteiger partial charge in [0.25, 0.3) is 11.5 Å². The number of aromatic nitrogens is 1. The van der Waals surface area contributed by atoms with Gasteiger partial charge in [0.05, 0.1) is 0 Å². The van der Waals surface area contributed by atoms with Crippen LogP contribution in [0.4, 0.5) is 0 Å². The Labute approximate surface area is 182 Å². The number of hydrogen-bond donors (Lipinski definition) is 1. The van der Waals surface area contributed by atoms with Crippen LogP contribution in [0, 0.1) is 20.8 Å². The van der Waals surface area contributed by atoms with E-state index in [9.17, 15) is 9.59 Å². The highest BCUT2D eigenvalue weighted by Crippen LogP contribution is 2.32. The van der Waals surface area contributed by atoms with Crippen molar-refractivity contribution in [3.8, 4) is 11.1 Å². The Morgan fingerprint density at radius 1 is 0.871 bits per heavy atom. The Hall–Kier alpha value is -3.66. The summed E-state index contributed by atoms with van der Waals surface area (Å²) in [4.78, 5) is 26.6. The molecule has 1 N–H and O–H groups in total. The number of pyridine rings is 1. The second-order valence-electron chi connectivity index (χ2n) is 8.10. The number of nitrogens with zero attached hydrogens (tertiary/aromatic N) is 1. The second kappa shape index (κ2) is 8.23. The summed E-state index contributed by atoms with van der Waals surface area (Å²) in [5, 5.41) is 4.43. The number of aryl methyl sites for hydroxylation is 3. The minimum atomic E-state index is -0.265. The van der Waals surface area contributed by atoms with Gasteiger partial charge < -0.3 is 9.88 Å². The molecule has 0 aliphatic heterocycles. The highest BCUT2D eigenvalue weighted by atomic mass is 16.2. The molecule has 0 spiro atoms. The normalized spacial score (nSPS) is 11.0. The van der Waals surface area contributed by atoms with Gasteiger partial charge in [0.15, 0.2) is 0 Å². The molecule has 0 fully saturated rings. The van der Waals surface area contributed by atoms with E-state index < -0.39 is 0 Å². The third-order valence-electron chi connectivity index (χ3n) is 5.86. The van der Waals surface area contributed by atoms with Crippen molar-refractivity contribution in [3.05, 3.63) is 105 Å². The fraction of sp³-hybridized carbons (Fsp3) is 0.185. The Morgan fingerprint density at radius 2 is 1.48 bits per heavy atom. The SMILES string of the molecule is Cc1ccc(CNC(=O)c2c(-c3ccccc3)c3cc(C)c(C)cc3c(=O)n2C)cc1. The van der Waals surface area contributed by atoms with E-state index in [1.54, 1.807) is 7.05 Å². The Balaban J connectivity index is 1.90. The van der Waals surface area contributed by atoms with Crippen LogP contribution in [0.3, 0.4) is 0 Å². The summed E-state index contributed by atoms with van der Waals surface area (Å²) >= 11 is 0. The van der Waals surface area contributed by atoms with Gasteiger partial charge in [0.2, 0.25) is 0 Å². The maximum atomic E-state index is 13.4. The lowest BCUT2D eigenvalue weighted by molar-refractivity contribution is 0.0942. The van der Waals surface area contributed by atoms with Crippen molar-refractivity contribution in [2.45, 2.75) is 27.3 Å². The van der Waals surface area contributed by atoms with Gasteiger partial charge in [-0.25, -0.2) is 0 Å². The lowest BCUT2D eigenvalue weighted by Gasteiger charge is -2.18. The molecular formula is C27H26N2O2. The predicted octanol–water partition coefficient (Wildman–Crippen LogP) is 5.06. The molecule has 0 saturated carbocycles. The molecule has 3 aromatic carbocycles. The fourth-order valence-electron chi connectivity index (χ4n) is 3.91. The number of benzene rings is 3. The summed E-state index contributed by atoms with van der Waals surface area (Å²) in [6, 6.07) is 21.8. The van der Waals surface area contributed by atoms with Crippen LogP contribution in [0.5, 0.6) is 0 Å². The minimum absolute atomic E-state index is 0.168. The fourth-order valence-corrected chi connectivity index (χ4v) is 3.91. The zero-order valence-corrected chi connectivity index (χ0v) is 18.3. The van der Waals surface area contributed by atoms with E-state index in [0.29, 0.717) is 17.6 Å². The standard InChI is InChI=1S/C27H26N2O2/c1-17-10-12-20(13-11-17)16-28-26(30)25-24(21-8-6-5-7-9-21)22-14-18(2)19(3)15-23(22)27(31)29(25)4/h5-15H,16H2,1-4H3,(H,28,30). The Morgan fingerprint density at radius 3 is 2.13 bits per heavy atom. The summed E-state index contributed by atoms with van der Waals surface area (Å²) in [6.45, 7) is 6.45. The van der Waals surface area contributed by atoms with Crippen molar-refractivity contribution in [2.75, 3.05) is 0 Å². The molecule has 0 aliphatic rings. The third kappa shape index (κ3) is 3.89. The summed E-state index contributed by atoms with van der Waals surface area (Å²) in [5.74, 6) is -0.265. The van der Waals surface area contributed by atoms with Gasteiger partial charge in [-0.2, -0.15) is 0 Å². The van der Waals surface area contributed by atoms with Crippen molar-refractivity contribution in [1.82, 2.24) is 9.88 Å². The van der Waals surface area contributed by atoms with Crippen molar-refractivity contribution >= 4 is 16.7 Å². The zero-order valence-electron chi connectivity index (χ0n) is 18.3. The molecule has 31 heavy (non-hydrogen) atoms. The number of fused-ring (bicyclic) bond motifs is 1. The van der Waals surface area contributed by atoms with Crippen molar-refractivity contribution < 1.29 is 4.79 Å². The van der Waals surface area contributed by atoms with Gasteiger partial charge >= 0.3 is 0 Å². The predicted molar refractivity (Wildman–Crippen MR) is 126 cm³/mol. The second-order valence-corrected chi connectivity index (χ2v) is 8.10. The average molecular weight is 411 g/mol. The van der Waals surface area contributed by atoms with Crippen LogP contribution in [0.2, 0.25) is 0 Å². The topological polar surface area (TPSA) is 51.1 Å². The molecule has 1 amide bonds. The zero-order chi connectivity index (χ0) is 22.1. The first-order chi connectivity index (χ1) is 14.9. The minimum Gasteiger partial charge on any atom is -0.347 e. The van der Waals surface area contributed by atoms with Crippen molar-refractivity contribution in [2.24, 2.45) is 7.05 Å². The summed E-state index contributed by atoms with van der Waals surface area (Å²) in [5.41, 5.74) is 6.22. The number of rotatable bonds is 4. The molecule has 0 saturated heterocycles. The largest absolute Gasteiger partial charge is 0.347 e. The lowest BCUT2D eigenvalue weighted by atomic mass is 9.93. The van der Waals surface area contributed by atoms with Crippen LogP contribution in [0.25, 0.3) is 21.9 Å². The number of carbonyl (C=O) groups excluding carboxylic acids is 1. The van der Waals surface area contributed by atoms with E-state index in [1.807, 2.05) is 87.5 Å². The first kappa shape index (κ1) is 20.6. The van der Waals surface area contributed by atoms with Crippen LogP contribution >= 0.6 is 0 Å². The number of nitrogens with one attached hydrogen (secondary N) is 1. The molecule has 0 atom stereocenters. The molecule has 4 aromatic rings. The van der Waals surface area contributed by atoms with Gasteiger partial charge in [0.1, 0.15) is 5.69 Å². The highest BCUT2D eigenvalue weighted by Gasteiger charge is 2.22. The first-order valence-corrected chi connectivity index (χ1v) is 10.4. The van der Waals surface area contributed by atoms with E-state index >= 15 is 0 Å². The molecule has 156 valence electrons. The summed E-state index contributed by atoms with van der Waals surface area (Å²) in [6.07, 6.45) is 0. The Kier molecular flexibility index (Phi) is 5.47. The van der Waals surface area contributed by atoms with Crippen LogP contribution < -0.4 is 10.9 Å². The molecule has 0 unspecified atom stereocenters. The van der Waals surface area contributed by atoms with Gasteiger partial charge in [-0.05, 0) is 54.5 Å². The van der Waals surface area contributed by atoms with Crippen molar-refractivity contribution in [3.63, 3.8) is 0 Å². The quantitative estimate of drug-likeness (QED) is 0.511. The lowest BCUT2D eigenvalue weighted by Crippen LogP contribution is -2.32. The molecule has 4 nitrogen and oxygen atoms in total. The molecule has 1 aromatic heterocycles. The van der Waals surface area contributed by atoms with E-state index in [0.717, 1.165) is 33.2 Å². The summed E-state index contributed by atoms with van der Waals surface area (Å²) < 4.78 is 1.48. The monoisotopic (exact) mass is 410 g/mol. The van der Waals surface area contributed by atoms with Crippen LogP contribution in [-0.4, -0.2) is 10.5 Å². The molecule has 0 bridgehead atoms. The molecule has 1 heterocycles. The van der Waals surface area contributed by atoms with Crippen LogP contribution in [0.15, 0.2) is 71.5 Å².